The van der Waals surface area contributed by atoms with Crippen molar-refractivity contribution in [3.05, 3.63) is 70.6 Å². The van der Waals surface area contributed by atoms with Crippen molar-refractivity contribution in [2.75, 3.05) is 25.2 Å². The number of hydrogen-bond donors (Lipinski definition) is 0. The average Bonchev–Trinajstić information content (AvgIpc) is 3.10. The summed E-state index contributed by atoms with van der Waals surface area (Å²) in [4.78, 5) is 28.8. The predicted octanol–water partition coefficient (Wildman–Crippen LogP) is 3.59. The lowest BCUT2D eigenvalue weighted by Crippen LogP contribution is -2.34. The summed E-state index contributed by atoms with van der Waals surface area (Å²) < 4.78 is 8.38. The number of amides is 1. The molecule has 2 aromatic heterocycles. The number of methoxy groups -OCH3 is 1. The maximum absolute atomic E-state index is 13.8. The molecule has 4 rings (SSSR count). The lowest BCUT2D eigenvalue weighted by Gasteiger charge is -2.21. The molecule has 0 atom stereocenters. The summed E-state index contributed by atoms with van der Waals surface area (Å²) >= 11 is 0. The van der Waals surface area contributed by atoms with E-state index in [4.69, 9.17) is 4.74 Å². The number of aromatic nitrogens is 3. The smallest absolute Gasteiger partial charge is 0.291 e. The molecule has 0 aliphatic heterocycles. The summed E-state index contributed by atoms with van der Waals surface area (Å²) in [5.41, 5.74) is 2.25. The fourth-order valence-corrected chi connectivity index (χ4v) is 4.06. The van der Waals surface area contributed by atoms with Crippen LogP contribution in [-0.2, 0) is 18.3 Å². The number of ether oxygens (including phenoxy) is 1. The molecule has 0 fully saturated rings. The Kier molecular flexibility index (Phi) is 5.86. The first kappa shape index (κ1) is 20.8. The predicted molar refractivity (Wildman–Crippen MR) is 123 cm³/mol. The second-order valence-electron chi connectivity index (χ2n) is 7.41. The molecule has 0 saturated heterocycles. The summed E-state index contributed by atoms with van der Waals surface area (Å²) in [5.74, 6) is -0.226. The Hall–Kier alpha value is -3.45. The van der Waals surface area contributed by atoms with Crippen LogP contribution in [-0.4, -0.2) is 40.5 Å². The molecule has 0 aliphatic carbocycles. The summed E-state index contributed by atoms with van der Waals surface area (Å²) in [6.45, 7) is 3.30. The minimum Gasteiger partial charge on any atom is -0.385 e. The van der Waals surface area contributed by atoms with Crippen LogP contribution in [0.4, 0.5) is 5.69 Å². The Bertz CT molecular complexity index is 1290. The first-order valence-electron chi connectivity index (χ1n) is 10.4. The SMILES string of the molecule is CCN(C(=O)c1nn(CCCOC)c(=O)c2c1c1ccccc1n2C)c1ccccc1. The van der Waals surface area contributed by atoms with Crippen LogP contribution in [0.5, 0.6) is 0 Å². The van der Waals surface area contributed by atoms with Crippen LogP contribution >= 0.6 is 0 Å². The van der Waals surface area contributed by atoms with Crippen molar-refractivity contribution in [2.24, 2.45) is 7.05 Å². The zero-order valence-electron chi connectivity index (χ0n) is 18.0. The molecule has 0 bridgehead atoms. The van der Waals surface area contributed by atoms with E-state index in [2.05, 4.69) is 5.10 Å². The minimum atomic E-state index is -0.226. The third kappa shape index (κ3) is 3.61. The van der Waals surface area contributed by atoms with Gasteiger partial charge >= 0.3 is 0 Å². The van der Waals surface area contributed by atoms with Crippen LogP contribution in [0.25, 0.3) is 21.8 Å². The lowest BCUT2D eigenvalue weighted by atomic mass is 10.1. The normalized spacial score (nSPS) is 11.3. The van der Waals surface area contributed by atoms with Gasteiger partial charge in [-0.15, -0.1) is 0 Å². The number of nitrogens with zero attached hydrogens (tertiary/aromatic N) is 4. The first-order chi connectivity index (χ1) is 15.1. The maximum atomic E-state index is 13.8. The molecule has 1 amide bonds. The standard InChI is InChI=1S/C24H26N4O3/c1-4-27(17-11-6-5-7-12-17)23(29)21-20-18-13-8-9-14-19(18)26(2)22(20)24(30)28(25-21)15-10-16-31-3/h5-9,11-14H,4,10,15-16H2,1-3H3. The van der Waals surface area contributed by atoms with Crippen molar-refractivity contribution in [1.82, 2.24) is 14.3 Å². The van der Waals surface area contributed by atoms with Gasteiger partial charge in [-0.3, -0.25) is 9.59 Å². The van der Waals surface area contributed by atoms with E-state index < -0.39 is 0 Å². The topological polar surface area (TPSA) is 69.4 Å². The van der Waals surface area contributed by atoms with Crippen molar-refractivity contribution < 1.29 is 9.53 Å². The van der Waals surface area contributed by atoms with Gasteiger partial charge in [0.2, 0.25) is 0 Å². The lowest BCUT2D eigenvalue weighted by molar-refractivity contribution is 0.0983. The number of carbonyl (C=O) groups is 1. The highest BCUT2D eigenvalue weighted by Crippen LogP contribution is 2.29. The Morgan fingerprint density at radius 3 is 2.52 bits per heavy atom. The molecule has 0 unspecified atom stereocenters. The second-order valence-corrected chi connectivity index (χ2v) is 7.41. The Labute approximate surface area is 180 Å². The van der Waals surface area contributed by atoms with Crippen LogP contribution in [0.1, 0.15) is 23.8 Å². The summed E-state index contributed by atoms with van der Waals surface area (Å²) in [6, 6.07) is 17.2. The number of anilines is 1. The number of benzene rings is 2. The molecular weight excluding hydrogens is 392 g/mol. The average molecular weight is 418 g/mol. The number of aryl methyl sites for hydroxylation is 2. The highest BCUT2D eigenvalue weighted by molar-refractivity contribution is 6.20. The summed E-state index contributed by atoms with van der Waals surface area (Å²) in [5, 5.41) is 6.02. The van der Waals surface area contributed by atoms with Crippen LogP contribution < -0.4 is 10.5 Å². The monoisotopic (exact) mass is 418 g/mol. The van der Waals surface area contributed by atoms with E-state index >= 15 is 0 Å². The van der Waals surface area contributed by atoms with E-state index in [1.54, 1.807) is 12.0 Å². The van der Waals surface area contributed by atoms with Gasteiger partial charge in [0.25, 0.3) is 11.5 Å². The number of rotatable bonds is 7. The molecule has 160 valence electrons. The van der Waals surface area contributed by atoms with Gasteiger partial charge in [0, 0.05) is 55.8 Å². The van der Waals surface area contributed by atoms with Crippen molar-refractivity contribution in [1.29, 1.82) is 0 Å². The van der Waals surface area contributed by atoms with Gasteiger partial charge in [0.1, 0.15) is 5.52 Å². The molecule has 0 aliphatic rings. The van der Waals surface area contributed by atoms with Crippen LogP contribution in [0, 0.1) is 0 Å². The van der Waals surface area contributed by atoms with E-state index in [0.29, 0.717) is 37.0 Å². The highest BCUT2D eigenvalue weighted by Gasteiger charge is 2.26. The maximum Gasteiger partial charge on any atom is 0.291 e. The Balaban J connectivity index is 1.98. The van der Waals surface area contributed by atoms with E-state index in [-0.39, 0.29) is 17.2 Å². The van der Waals surface area contributed by atoms with Gasteiger partial charge in [-0.1, -0.05) is 36.4 Å². The summed E-state index contributed by atoms with van der Waals surface area (Å²) in [6.07, 6.45) is 0.628. The van der Waals surface area contributed by atoms with E-state index in [1.165, 1.54) is 4.68 Å². The van der Waals surface area contributed by atoms with Gasteiger partial charge < -0.3 is 14.2 Å². The summed E-state index contributed by atoms with van der Waals surface area (Å²) in [7, 11) is 3.48. The van der Waals surface area contributed by atoms with Crippen molar-refractivity contribution in [3.63, 3.8) is 0 Å². The zero-order chi connectivity index (χ0) is 22.0. The first-order valence-corrected chi connectivity index (χ1v) is 10.4. The molecule has 31 heavy (non-hydrogen) atoms. The minimum absolute atomic E-state index is 0.205. The van der Waals surface area contributed by atoms with Crippen LogP contribution in [0.3, 0.4) is 0 Å². The van der Waals surface area contributed by atoms with Gasteiger partial charge in [-0.25, -0.2) is 4.68 Å². The molecule has 0 N–H and O–H groups in total. The number of carbonyl (C=O) groups excluding carboxylic acids is 1. The zero-order valence-corrected chi connectivity index (χ0v) is 18.0. The van der Waals surface area contributed by atoms with E-state index in [1.807, 2.05) is 73.1 Å². The van der Waals surface area contributed by atoms with Gasteiger partial charge in [-0.05, 0) is 31.5 Å². The van der Waals surface area contributed by atoms with Crippen molar-refractivity contribution in [3.8, 4) is 0 Å². The van der Waals surface area contributed by atoms with Crippen molar-refractivity contribution >= 4 is 33.4 Å². The quantitative estimate of drug-likeness (QED) is 0.430. The Morgan fingerprint density at radius 2 is 1.81 bits per heavy atom. The molecule has 7 heteroatoms. The highest BCUT2D eigenvalue weighted by atomic mass is 16.5. The van der Waals surface area contributed by atoms with Crippen LogP contribution in [0.15, 0.2) is 59.4 Å². The van der Waals surface area contributed by atoms with Gasteiger partial charge in [0.05, 0.1) is 0 Å². The molecule has 0 radical (unpaired) electrons. The number of hydrogen-bond acceptors (Lipinski definition) is 4. The third-order valence-electron chi connectivity index (χ3n) is 5.55. The van der Waals surface area contributed by atoms with Gasteiger partial charge in [-0.2, -0.15) is 5.10 Å². The number of para-hydroxylation sites is 2. The molecule has 0 saturated carbocycles. The molecule has 4 aromatic rings. The molecule has 7 nitrogen and oxygen atoms in total. The van der Waals surface area contributed by atoms with Crippen LogP contribution in [0.2, 0.25) is 0 Å². The fraction of sp³-hybridized carbons (Fsp3) is 0.292. The van der Waals surface area contributed by atoms with E-state index in [0.717, 1.165) is 16.6 Å². The molecule has 2 heterocycles. The Morgan fingerprint density at radius 1 is 1.10 bits per heavy atom. The van der Waals surface area contributed by atoms with E-state index in [9.17, 15) is 9.59 Å². The molecule has 0 spiro atoms. The largest absolute Gasteiger partial charge is 0.385 e. The third-order valence-corrected chi connectivity index (χ3v) is 5.55. The van der Waals surface area contributed by atoms with Gasteiger partial charge in [0.15, 0.2) is 5.69 Å². The number of fused-ring (bicyclic) bond motifs is 3. The second kappa shape index (κ2) is 8.73. The fourth-order valence-electron chi connectivity index (χ4n) is 4.06. The van der Waals surface area contributed by atoms with Crippen molar-refractivity contribution in [2.45, 2.75) is 19.9 Å². The molecule has 2 aromatic carbocycles. The molecular formula is C24H26N4O3.